The highest BCUT2D eigenvalue weighted by molar-refractivity contribution is 5.94. The normalized spacial score (nSPS) is 16.0. The van der Waals surface area contributed by atoms with Crippen molar-refractivity contribution in [2.75, 3.05) is 0 Å². The minimum absolute atomic E-state index is 0.117. The Bertz CT molecular complexity index is 609. The van der Waals surface area contributed by atoms with E-state index >= 15 is 0 Å². The smallest absolute Gasteiger partial charge is 0.137 e. The Morgan fingerprint density at radius 1 is 1.18 bits per heavy atom. The first-order valence-corrected chi connectivity index (χ1v) is 8.84. The SMILES string of the molecule is CC.CC.CCn1c2c(c3ccccc31)C(C(C)=O)CCC2. The third-order valence-corrected chi connectivity index (χ3v) is 4.18. The van der Waals surface area contributed by atoms with Crippen LogP contribution in [0.2, 0.25) is 0 Å². The third-order valence-electron chi connectivity index (χ3n) is 4.18. The molecule has 2 nitrogen and oxygen atoms in total. The molecule has 1 aromatic heterocycles. The van der Waals surface area contributed by atoms with E-state index in [1.54, 1.807) is 6.92 Å². The van der Waals surface area contributed by atoms with Crippen LogP contribution in [0.15, 0.2) is 24.3 Å². The predicted octanol–water partition coefficient (Wildman–Crippen LogP) is 5.72. The van der Waals surface area contributed by atoms with Gasteiger partial charge in [-0.15, -0.1) is 0 Å². The molecule has 122 valence electrons. The van der Waals surface area contributed by atoms with E-state index in [0.29, 0.717) is 5.78 Å². The molecule has 1 aliphatic carbocycles. The highest BCUT2D eigenvalue weighted by Gasteiger charge is 2.29. The monoisotopic (exact) mass is 301 g/mol. The number of benzene rings is 1. The van der Waals surface area contributed by atoms with Crippen molar-refractivity contribution in [1.29, 1.82) is 0 Å². The Morgan fingerprint density at radius 2 is 1.82 bits per heavy atom. The van der Waals surface area contributed by atoms with Crippen LogP contribution < -0.4 is 0 Å². The molecule has 0 amide bonds. The maximum absolute atomic E-state index is 11.9. The molecule has 0 saturated carbocycles. The zero-order valence-electron chi connectivity index (χ0n) is 15.1. The molecule has 0 spiro atoms. The lowest BCUT2D eigenvalue weighted by Crippen LogP contribution is -2.17. The van der Waals surface area contributed by atoms with Crippen molar-refractivity contribution in [3.8, 4) is 0 Å². The number of hydrogen-bond acceptors (Lipinski definition) is 1. The molecule has 2 aromatic rings. The minimum Gasteiger partial charge on any atom is -0.345 e. The van der Waals surface area contributed by atoms with E-state index in [2.05, 4.69) is 35.8 Å². The van der Waals surface area contributed by atoms with Crippen LogP contribution in [-0.4, -0.2) is 10.4 Å². The Labute approximate surface area is 135 Å². The van der Waals surface area contributed by atoms with E-state index in [0.717, 1.165) is 25.8 Å². The lowest BCUT2D eigenvalue weighted by Gasteiger charge is -2.22. The molecule has 1 atom stereocenters. The van der Waals surface area contributed by atoms with Gasteiger partial charge in [-0.25, -0.2) is 0 Å². The molecule has 0 aliphatic heterocycles. The zero-order chi connectivity index (χ0) is 16.7. The van der Waals surface area contributed by atoms with Gasteiger partial charge in [-0.1, -0.05) is 45.9 Å². The Kier molecular flexibility index (Phi) is 7.37. The number of aromatic nitrogens is 1. The summed E-state index contributed by atoms with van der Waals surface area (Å²) in [5.74, 6) is 0.432. The number of Topliss-reactive ketones (excluding diaryl/α,β-unsaturated/α-hetero) is 1. The summed E-state index contributed by atoms with van der Waals surface area (Å²) in [7, 11) is 0. The van der Waals surface area contributed by atoms with E-state index in [4.69, 9.17) is 0 Å². The van der Waals surface area contributed by atoms with E-state index in [1.807, 2.05) is 27.7 Å². The zero-order valence-corrected chi connectivity index (χ0v) is 15.1. The molecule has 3 rings (SSSR count). The van der Waals surface area contributed by atoms with Crippen LogP contribution in [0.25, 0.3) is 10.9 Å². The number of carbonyl (C=O) groups is 1. The van der Waals surface area contributed by atoms with Gasteiger partial charge in [0.15, 0.2) is 0 Å². The molecule has 0 fully saturated rings. The van der Waals surface area contributed by atoms with Crippen molar-refractivity contribution in [3.05, 3.63) is 35.5 Å². The molecule has 22 heavy (non-hydrogen) atoms. The summed E-state index contributed by atoms with van der Waals surface area (Å²) in [6.45, 7) is 12.9. The van der Waals surface area contributed by atoms with E-state index < -0.39 is 0 Å². The molecule has 1 aliphatic rings. The lowest BCUT2D eigenvalue weighted by atomic mass is 9.83. The summed E-state index contributed by atoms with van der Waals surface area (Å²) in [4.78, 5) is 11.9. The number of carbonyl (C=O) groups excluding carboxylic acids is 1. The predicted molar refractivity (Wildman–Crippen MR) is 96.7 cm³/mol. The summed E-state index contributed by atoms with van der Waals surface area (Å²) in [6.07, 6.45) is 3.26. The topological polar surface area (TPSA) is 22.0 Å². The highest BCUT2D eigenvalue weighted by atomic mass is 16.1. The fraction of sp³-hybridized carbons (Fsp3) is 0.550. The van der Waals surface area contributed by atoms with Crippen molar-refractivity contribution >= 4 is 16.7 Å². The van der Waals surface area contributed by atoms with Crippen LogP contribution in [0, 0.1) is 0 Å². The Balaban J connectivity index is 0.000000561. The second kappa shape index (κ2) is 8.77. The van der Waals surface area contributed by atoms with Gasteiger partial charge in [0.25, 0.3) is 0 Å². The first-order valence-electron chi connectivity index (χ1n) is 8.84. The van der Waals surface area contributed by atoms with Crippen molar-refractivity contribution in [2.45, 2.75) is 73.3 Å². The molecule has 0 radical (unpaired) electrons. The molecule has 1 aromatic carbocycles. The molecular formula is C20H31NO. The lowest BCUT2D eigenvalue weighted by molar-refractivity contribution is -0.118. The number of fused-ring (bicyclic) bond motifs is 3. The highest BCUT2D eigenvalue weighted by Crippen LogP contribution is 2.39. The first-order chi connectivity index (χ1) is 10.7. The van der Waals surface area contributed by atoms with Gasteiger partial charge in [-0.3, -0.25) is 4.79 Å². The molecule has 0 saturated heterocycles. The van der Waals surface area contributed by atoms with E-state index in [-0.39, 0.29) is 5.92 Å². The average molecular weight is 301 g/mol. The number of hydrogen-bond donors (Lipinski definition) is 0. The van der Waals surface area contributed by atoms with Gasteiger partial charge in [0.05, 0.1) is 0 Å². The summed E-state index contributed by atoms with van der Waals surface area (Å²) in [6, 6.07) is 8.51. The summed E-state index contributed by atoms with van der Waals surface area (Å²) >= 11 is 0. The second-order valence-corrected chi connectivity index (χ2v) is 5.18. The van der Waals surface area contributed by atoms with Crippen LogP contribution in [-0.2, 0) is 17.8 Å². The summed E-state index contributed by atoms with van der Waals surface area (Å²) < 4.78 is 2.39. The van der Waals surface area contributed by atoms with Crippen LogP contribution in [0.1, 0.15) is 71.6 Å². The summed E-state index contributed by atoms with van der Waals surface area (Å²) in [5, 5.41) is 1.29. The first kappa shape index (κ1) is 18.5. The fourth-order valence-electron chi connectivity index (χ4n) is 3.43. The number of nitrogens with zero attached hydrogens (tertiary/aromatic N) is 1. The molecule has 0 bridgehead atoms. The number of ketones is 1. The van der Waals surface area contributed by atoms with Crippen molar-refractivity contribution in [3.63, 3.8) is 0 Å². The van der Waals surface area contributed by atoms with Gasteiger partial charge in [-0.05, 0) is 44.7 Å². The van der Waals surface area contributed by atoms with Crippen LogP contribution in [0.3, 0.4) is 0 Å². The van der Waals surface area contributed by atoms with Crippen LogP contribution in [0.5, 0.6) is 0 Å². The molecule has 2 heteroatoms. The third kappa shape index (κ3) is 3.26. The summed E-state index contributed by atoms with van der Waals surface area (Å²) in [5.41, 5.74) is 3.99. The average Bonchev–Trinajstić information content (AvgIpc) is 2.92. The van der Waals surface area contributed by atoms with Gasteiger partial charge >= 0.3 is 0 Å². The maximum atomic E-state index is 11.9. The number of para-hydroxylation sites is 1. The Hall–Kier alpha value is -1.57. The maximum Gasteiger partial charge on any atom is 0.137 e. The molecule has 1 heterocycles. The van der Waals surface area contributed by atoms with Crippen molar-refractivity contribution in [1.82, 2.24) is 4.57 Å². The van der Waals surface area contributed by atoms with Gasteiger partial charge in [-0.2, -0.15) is 0 Å². The standard InChI is InChI=1S/C16H19NO.2C2H6/c1-3-17-14-9-5-4-7-13(14)16-12(11(2)18)8-6-10-15(16)17;2*1-2/h4-5,7,9,12H,3,6,8,10H2,1-2H3;2*1-2H3. The second-order valence-electron chi connectivity index (χ2n) is 5.18. The van der Waals surface area contributed by atoms with E-state index in [9.17, 15) is 4.79 Å². The van der Waals surface area contributed by atoms with Crippen molar-refractivity contribution < 1.29 is 4.79 Å². The molecular weight excluding hydrogens is 270 g/mol. The van der Waals surface area contributed by atoms with E-state index in [1.165, 1.54) is 22.2 Å². The van der Waals surface area contributed by atoms with Gasteiger partial charge < -0.3 is 4.57 Å². The Morgan fingerprint density at radius 3 is 2.41 bits per heavy atom. The fourth-order valence-corrected chi connectivity index (χ4v) is 3.43. The largest absolute Gasteiger partial charge is 0.345 e. The van der Waals surface area contributed by atoms with Crippen LogP contribution >= 0.6 is 0 Å². The quantitative estimate of drug-likeness (QED) is 0.695. The number of rotatable bonds is 2. The van der Waals surface area contributed by atoms with Crippen molar-refractivity contribution in [2.24, 2.45) is 0 Å². The van der Waals surface area contributed by atoms with Gasteiger partial charge in [0.2, 0.25) is 0 Å². The molecule has 1 unspecified atom stereocenters. The molecule has 0 N–H and O–H groups in total. The van der Waals surface area contributed by atoms with Crippen LogP contribution in [0.4, 0.5) is 0 Å². The minimum atomic E-state index is 0.117. The number of aryl methyl sites for hydroxylation is 1. The van der Waals surface area contributed by atoms with Gasteiger partial charge in [0, 0.05) is 29.1 Å². The van der Waals surface area contributed by atoms with Gasteiger partial charge in [0.1, 0.15) is 5.78 Å².